The lowest BCUT2D eigenvalue weighted by Crippen LogP contribution is -2.36. The topological polar surface area (TPSA) is 64.3 Å². The first kappa shape index (κ1) is 15.4. The molecule has 0 aliphatic heterocycles. The summed E-state index contributed by atoms with van der Waals surface area (Å²) in [6, 6.07) is 0.304. The van der Waals surface area contributed by atoms with Gasteiger partial charge in [0.1, 0.15) is 0 Å². The summed E-state index contributed by atoms with van der Waals surface area (Å²) in [6.07, 6.45) is 4.74. The lowest BCUT2D eigenvalue weighted by molar-refractivity contribution is -0.126. The molecule has 0 heterocycles. The molecule has 1 amide bonds. The second-order valence-corrected chi connectivity index (χ2v) is 5.73. The minimum Gasteiger partial charge on any atom is -0.381 e. The lowest BCUT2D eigenvalue weighted by atomic mass is 9.86. The van der Waals surface area contributed by atoms with Gasteiger partial charge in [-0.1, -0.05) is 13.8 Å². The van der Waals surface area contributed by atoms with E-state index in [-0.39, 0.29) is 11.8 Å². The van der Waals surface area contributed by atoms with Crippen molar-refractivity contribution in [3.63, 3.8) is 0 Å². The molecule has 1 fully saturated rings. The number of nitrogens with two attached hydrogens (primary N) is 1. The van der Waals surface area contributed by atoms with Crippen LogP contribution < -0.4 is 11.1 Å². The maximum absolute atomic E-state index is 11.9. The zero-order chi connectivity index (χ0) is 13.4. The first-order valence-corrected chi connectivity index (χ1v) is 7.20. The summed E-state index contributed by atoms with van der Waals surface area (Å²) >= 11 is 0. The van der Waals surface area contributed by atoms with E-state index in [1.807, 2.05) is 0 Å². The molecule has 0 radical (unpaired) electrons. The molecule has 0 aromatic heterocycles. The third kappa shape index (κ3) is 6.36. The van der Waals surface area contributed by atoms with Crippen LogP contribution in [0.5, 0.6) is 0 Å². The fourth-order valence-electron chi connectivity index (χ4n) is 2.23. The minimum absolute atomic E-state index is 0.182. The van der Waals surface area contributed by atoms with Gasteiger partial charge in [0.25, 0.3) is 0 Å². The van der Waals surface area contributed by atoms with E-state index in [1.54, 1.807) is 0 Å². The maximum atomic E-state index is 11.9. The molecule has 4 nitrogen and oxygen atoms in total. The van der Waals surface area contributed by atoms with Gasteiger partial charge < -0.3 is 15.8 Å². The van der Waals surface area contributed by atoms with Crippen molar-refractivity contribution in [3.05, 3.63) is 0 Å². The monoisotopic (exact) mass is 256 g/mol. The van der Waals surface area contributed by atoms with Gasteiger partial charge in [0.15, 0.2) is 0 Å². The second kappa shape index (κ2) is 8.48. The van der Waals surface area contributed by atoms with E-state index in [0.717, 1.165) is 51.9 Å². The predicted molar refractivity (Wildman–Crippen MR) is 73.2 cm³/mol. The van der Waals surface area contributed by atoms with E-state index in [0.29, 0.717) is 12.0 Å². The largest absolute Gasteiger partial charge is 0.381 e. The highest BCUT2D eigenvalue weighted by Gasteiger charge is 2.23. The average molecular weight is 256 g/mol. The highest BCUT2D eigenvalue weighted by atomic mass is 16.5. The summed E-state index contributed by atoms with van der Waals surface area (Å²) in [4.78, 5) is 11.9. The number of amides is 1. The maximum Gasteiger partial charge on any atom is 0.223 e. The van der Waals surface area contributed by atoms with Gasteiger partial charge in [-0.2, -0.15) is 0 Å². The van der Waals surface area contributed by atoms with Crippen LogP contribution in [0, 0.1) is 11.8 Å². The van der Waals surface area contributed by atoms with Crippen molar-refractivity contribution in [1.82, 2.24) is 5.32 Å². The van der Waals surface area contributed by atoms with Gasteiger partial charge in [0, 0.05) is 31.7 Å². The Kier molecular flexibility index (Phi) is 7.28. The molecular formula is C14H28N2O2. The third-order valence-corrected chi connectivity index (χ3v) is 3.36. The number of hydrogen-bond donors (Lipinski definition) is 2. The van der Waals surface area contributed by atoms with Crippen molar-refractivity contribution >= 4 is 5.91 Å². The normalized spacial score (nSPS) is 24.2. The molecule has 1 rings (SSSR count). The molecule has 0 spiro atoms. The Morgan fingerprint density at radius 2 is 2.00 bits per heavy atom. The molecule has 106 valence electrons. The van der Waals surface area contributed by atoms with Crippen LogP contribution in [0.2, 0.25) is 0 Å². The van der Waals surface area contributed by atoms with Crippen LogP contribution in [-0.4, -0.2) is 31.7 Å². The molecule has 3 N–H and O–H groups in total. The van der Waals surface area contributed by atoms with E-state index < -0.39 is 0 Å². The second-order valence-electron chi connectivity index (χ2n) is 5.73. The van der Waals surface area contributed by atoms with E-state index in [2.05, 4.69) is 19.2 Å². The summed E-state index contributed by atoms with van der Waals surface area (Å²) in [5.41, 5.74) is 5.83. The van der Waals surface area contributed by atoms with Gasteiger partial charge in [-0.3, -0.25) is 4.79 Å². The van der Waals surface area contributed by atoms with Gasteiger partial charge in [-0.15, -0.1) is 0 Å². The van der Waals surface area contributed by atoms with Crippen molar-refractivity contribution in [1.29, 1.82) is 0 Å². The fourth-order valence-corrected chi connectivity index (χ4v) is 2.23. The SMILES string of the molecule is CC(C)COCCCNC(=O)C1CCC(N)CC1. The number of carbonyl (C=O) groups excluding carboxylic acids is 1. The minimum atomic E-state index is 0.182. The zero-order valence-corrected chi connectivity index (χ0v) is 11.8. The number of carbonyl (C=O) groups is 1. The molecule has 0 atom stereocenters. The molecule has 0 bridgehead atoms. The molecule has 1 aliphatic carbocycles. The Morgan fingerprint density at radius 3 is 2.61 bits per heavy atom. The molecular weight excluding hydrogens is 228 g/mol. The van der Waals surface area contributed by atoms with Gasteiger partial charge in [0.2, 0.25) is 5.91 Å². The Labute approximate surface area is 111 Å². The fraction of sp³-hybridized carbons (Fsp3) is 0.929. The zero-order valence-electron chi connectivity index (χ0n) is 11.8. The van der Waals surface area contributed by atoms with Crippen molar-refractivity contribution < 1.29 is 9.53 Å². The molecule has 0 unspecified atom stereocenters. The van der Waals surface area contributed by atoms with Gasteiger partial charge in [-0.05, 0) is 38.0 Å². The van der Waals surface area contributed by atoms with E-state index in [9.17, 15) is 4.79 Å². The van der Waals surface area contributed by atoms with Crippen LogP contribution in [0.1, 0.15) is 46.0 Å². The number of rotatable bonds is 7. The van der Waals surface area contributed by atoms with E-state index in [1.165, 1.54) is 0 Å². The molecule has 1 saturated carbocycles. The summed E-state index contributed by atoms with van der Waals surface area (Å²) in [5, 5.41) is 3.00. The smallest absolute Gasteiger partial charge is 0.223 e. The van der Waals surface area contributed by atoms with Gasteiger partial charge in [0.05, 0.1) is 0 Å². The number of nitrogens with one attached hydrogen (secondary N) is 1. The van der Waals surface area contributed by atoms with Gasteiger partial charge >= 0.3 is 0 Å². The van der Waals surface area contributed by atoms with Crippen LogP contribution in [0.4, 0.5) is 0 Å². The number of hydrogen-bond acceptors (Lipinski definition) is 3. The van der Waals surface area contributed by atoms with Crippen LogP contribution in [0.15, 0.2) is 0 Å². The number of ether oxygens (including phenoxy) is 1. The van der Waals surface area contributed by atoms with Crippen molar-refractivity contribution in [3.8, 4) is 0 Å². The molecule has 0 aromatic carbocycles. The van der Waals surface area contributed by atoms with Crippen LogP contribution >= 0.6 is 0 Å². The Hall–Kier alpha value is -0.610. The Balaban J connectivity index is 2.00. The molecule has 4 heteroatoms. The Bertz CT molecular complexity index is 236. The van der Waals surface area contributed by atoms with E-state index in [4.69, 9.17) is 10.5 Å². The average Bonchev–Trinajstić information content (AvgIpc) is 2.34. The third-order valence-electron chi connectivity index (χ3n) is 3.36. The quantitative estimate of drug-likeness (QED) is 0.681. The highest BCUT2D eigenvalue weighted by molar-refractivity contribution is 5.78. The first-order valence-electron chi connectivity index (χ1n) is 7.20. The summed E-state index contributed by atoms with van der Waals surface area (Å²) in [6.45, 7) is 6.52. The first-order chi connectivity index (χ1) is 8.59. The predicted octanol–water partition coefficient (Wildman–Crippen LogP) is 1.68. The molecule has 0 saturated heterocycles. The van der Waals surface area contributed by atoms with Crippen LogP contribution in [-0.2, 0) is 9.53 Å². The van der Waals surface area contributed by atoms with E-state index >= 15 is 0 Å². The van der Waals surface area contributed by atoms with Crippen LogP contribution in [0.25, 0.3) is 0 Å². The summed E-state index contributed by atoms with van der Waals surface area (Å²) < 4.78 is 5.47. The summed E-state index contributed by atoms with van der Waals surface area (Å²) in [5.74, 6) is 0.957. The lowest BCUT2D eigenvalue weighted by Gasteiger charge is -2.25. The Morgan fingerprint density at radius 1 is 1.33 bits per heavy atom. The summed E-state index contributed by atoms with van der Waals surface area (Å²) in [7, 11) is 0. The van der Waals surface area contributed by atoms with Gasteiger partial charge in [-0.25, -0.2) is 0 Å². The van der Waals surface area contributed by atoms with Crippen molar-refractivity contribution in [2.24, 2.45) is 17.6 Å². The van der Waals surface area contributed by atoms with Crippen molar-refractivity contribution in [2.75, 3.05) is 19.8 Å². The van der Waals surface area contributed by atoms with Crippen molar-refractivity contribution in [2.45, 2.75) is 52.0 Å². The molecule has 1 aliphatic rings. The standard InChI is InChI=1S/C14H28N2O2/c1-11(2)10-18-9-3-8-16-14(17)12-4-6-13(15)7-5-12/h11-13H,3-10,15H2,1-2H3,(H,16,17). The molecule has 18 heavy (non-hydrogen) atoms. The highest BCUT2D eigenvalue weighted by Crippen LogP contribution is 2.22. The molecule has 0 aromatic rings. The van der Waals surface area contributed by atoms with Crippen LogP contribution in [0.3, 0.4) is 0 Å².